The number of hydrogen-bond acceptors (Lipinski definition) is 4. The maximum absolute atomic E-state index is 13.5. The molecule has 0 aromatic carbocycles. The molecule has 0 spiro atoms. The lowest BCUT2D eigenvalue weighted by Gasteiger charge is -2.40. The molecule has 0 saturated heterocycles. The molecule has 1 saturated carbocycles. The lowest BCUT2D eigenvalue weighted by Crippen LogP contribution is -2.52. The van der Waals surface area contributed by atoms with Crippen molar-refractivity contribution in [1.82, 2.24) is 9.71 Å². The van der Waals surface area contributed by atoms with Crippen molar-refractivity contribution in [2.75, 3.05) is 0 Å². The van der Waals surface area contributed by atoms with Crippen LogP contribution >= 0.6 is 11.6 Å². The van der Waals surface area contributed by atoms with Crippen molar-refractivity contribution in [1.29, 1.82) is 0 Å². The first kappa shape index (κ1) is 18.9. The van der Waals surface area contributed by atoms with E-state index in [-0.39, 0.29) is 12.8 Å². The van der Waals surface area contributed by atoms with Gasteiger partial charge in [-0.2, -0.15) is 0 Å². The zero-order valence-corrected chi connectivity index (χ0v) is 15.3. The Balaban J connectivity index is 2.31. The van der Waals surface area contributed by atoms with Crippen molar-refractivity contribution in [3.8, 4) is 0 Å². The SMILES string of the molecule is CC(C)(C)[S+]([O-])N[C@@H](c1cccc(Cl)n1)[C@]1(O)CC[C@H](F)CC1. The first-order valence-corrected chi connectivity index (χ1v) is 9.31. The Morgan fingerprint density at radius 3 is 2.57 bits per heavy atom. The third-order valence-electron chi connectivity index (χ3n) is 4.13. The van der Waals surface area contributed by atoms with Crippen LogP contribution in [0.5, 0.6) is 0 Å². The van der Waals surface area contributed by atoms with E-state index >= 15 is 0 Å². The number of alkyl halides is 1. The van der Waals surface area contributed by atoms with Gasteiger partial charge in [0.2, 0.25) is 0 Å². The van der Waals surface area contributed by atoms with Crippen LogP contribution in [0.2, 0.25) is 5.15 Å². The predicted octanol–water partition coefficient (Wildman–Crippen LogP) is 3.47. The minimum atomic E-state index is -1.40. The monoisotopic (exact) mass is 362 g/mol. The zero-order chi connectivity index (χ0) is 17.3. The van der Waals surface area contributed by atoms with Crippen molar-refractivity contribution in [3.63, 3.8) is 0 Å². The second kappa shape index (κ2) is 7.23. The van der Waals surface area contributed by atoms with Gasteiger partial charge in [0, 0.05) is 11.4 Å². The molecule has 2 atom stereocenters. The van der Waals surface area contributed by atoms with Crippen molar-refractivity contribution in [2.45, 2.75) is 69.0 Å². The number of rotatable bonds is 4. The number of nitrogens with one attached hydrogen (secondary N) is 1. The lowest BCUT2D eigenvalue weighted by atomic mass is 9.78. The van der Waals surface area contributed by atoms with E-state index in [0.29, 0.717) is 23.7 Å². The third-order valence-corrected chi connectivity index (χ3v) is 5.90. The Labute approximate surface area is 145 Å². The molecule has 0 radical (unpaired) electrons. The van der Waals surface area contributed by atoms with Crippen LogP contribution in [0.25, 0.3) is 0 Å². The van der Waals surface area contributed by atoms with Crippen LogP contribution in [0.1, 0.15) is 58.2 Å². The van der Waals surface area contributed by atoms with Crippen LogP contribution in [0, 0.1) is 0 Å². The summed E-state index contributed by atoms with van der Waals surface area (Å²) in [7, 11) is 0. The Morgan fingerprint density at radius 2 is 2.04 bits per heavy atom. The van der Waals surface area contributed by atoms with Gasteiger partial charge in [0.15, 0.2) is 0 Å². The van der Waals surface area contributed by atoms with Gasteiger partial charge in [-0.25, -0.2) is 9.37 Å². The molecule has 130 valence electrons. The van der Waals surface area contributed by atoms with Crippen LogP contribution in [0.15, 0.2) is 18.2 Å². The fourth-order valence-electron chi connectivity index (χ4n) is 2.69. The van der Waals surface area contributed by atoms with Crippen LogP contribution in [0.3, 0.4) is 0 Å². The third kappa shape index (κ3) is 4.79. The van der Waals surface area contributed by atoms with Gasteiger partial charge < -0.3 is 9.66 Å². The summed E-state index contributed by atoms with van der Waals surface area (Å²) in [6.45, 7) is 5.54. The second-order valence-electron chi connectivity index (χ2n) is 7.10. The molecule has 1 aromatic rings. The van der Waals surface area contributed by atoms with Gasteiger partial charge in [-0.15, -0.1) is 4.72 Å². The minimum absolute atomic E-state index is 0.289. The molecule has 1 aromatic heterocycles. The standard InChI is InChI=1S/C16H24ClFN2O2S/c1-15(2,3)23(22)20-14(12-5-4-6-13(17)19-12)16(21)9-7-11(18)8-10-16/h4-6,11,14,20-21H,7-10H2,1-3H3/t11-,14-,16-,23?/m0/s1. The molecule has 23 heavy (non-hydrogen) atoms. The van der Waals surface area contributed by atoms with Crippen molar-refractivity contribution < 1.29 is 14.0 Å². The van der Waals surface area contributed by atoms with E-state index in [2.05, 4.69) is 9.71 Å². The summed E-state index contributed by atoms with van der Waals surface area (Å²) in [5.41, 5.74) is -0.670. The molecular weight excluding hydrogens is 339 g/mol. The highest BCUT2D eigenvalue weighted by Crippen LogP contribution is 2.40. The van der Waals surface area contributed by atoms with E-state index in [4.69, 9.17) is 11.6 Å². The van der Waals surface area contributed by atoms with Gasteiger partial charge in [0.1, 0.15) is 22.1 Å². The van der Waals surface area contributed by atoms with Crippen molar-refractivity contribution >= 4 is 23.0 Å². The van der Waals surface area contributed by atoms with Gasteiger partial charge in [-0.05, 0) is 58.6 Å². The van der Waals surface area contributed by atoms with Gasteiger partial charge in [-0.1, -0.05) is 17.7 Å². The van der Waals surface area contributed by atoms with Crippen LogP contribution < -0.4 is 4.72 Å². The quantitative estimate of drug-likeness (QED) is 0.635. The molecule has 0 amide bonds. The fraction of sp³-hybridized carbons (Fsp3) is 0.688. The van der Waals surface area contributed by atoms with Crippen molar-refractivity contribution in [2.24, 2.45) is 0 Å². The predicted molar refractivity (Wildman–Crippen MR) is 91.3 cm³/mol. The Bertz CT molecular complexity index is 533. The van der Waals surface area contributed by atoms with E-state index in [1.807, 2.05) is 20.8 Å². The number of halogens is 2. The topological polar surface area (TPSA) is 68.2 Å². The van der Waals surface area contributed by atoms with Crippen molar-refractivity contribution in [3.05, 3.63) is 29.0 Å². The van der Waals surface area contributed by atoms with E-state index in [9.17, 15) is 14.0 Å². The molecule has 2 rings (SSSR count). The first-order valence-electron chi connectivity index (χ1n) is 7.79. The van der Waals surface area contributed by atoms with E-state index in [0.717, 1.165) is 0 Å². The lowest BCUT2D eigenvalue weighted by molar-refractivity contribution is -0.0418. The summed E-state index contributed by atoms with van der Waals surface area (Å²) < 4.78 is 28.5. The number of pyridine rings is 1. The molecular formula is C16H24ClFN2O2S. The van der Waals surface area contributed by atoms with E-state index in [1.165, 1.54) is 0 Å². The van der Waals surface area contributed by atoms with Gasteiger partial charge in [-0.3, -0.25) is 0 Å². The Morgan fingerprint density at radius 1 is 1.43 bits per heavy atom. The van der Waals surface area contributed by atoms with E-state index < -0.39 is 33.9 Å². The molecule has 0 bridgehead atoms. The summed E-state index contributed by atoms with van der Waals surface area (Å²) in [5, 5.41) is 11.4. The molecule has 0 aliphatic heterocycles. The highest BCUT2D eigenvalue weighted by Gasteiger charge is 2.45. The molecule has 2 N–H and O–H groups in total. The van der Waals surface area contributed by atoms with Crippen LogP contribution in [-0.4, -0.2) is 31.2 Å². The number of aliphatic hydroxyl groups is 1. The van der Waals surface area contributed by atoms with E-state index in [1.54, 1.807) is 18.2 Å². The number of nitrogens with zero attached hydrogens (tertiary/aromatic N) is 1. The summed E-state index contributed by atoms with van der Waals surface area (Å²) in [6, 6.07) is 4.46. The highest BCUT2D eigenvalue weighted by atomic mass is 35.5. The zero-order valence-electron chi connectivity index (χ0n) is 13.7. The summed E-state index contributed by atoms with van der Waals surface area (Å²) in [5.74, 6) is 0. The summed E-state index contributed by atoms with van der Waals surface area (Å²) >= 11 is 4.57. The maximum atomic E-state index is 13.5. The normalized spacial score (nSPS) is 28.4. The summed E-state index contributed by atoms with van der Waals surface area (Å²) in [4.78, 5) is 4.26. The average molecular weight is 363 g/mol. The molecule has 1 heterocycles. The summed E-state index contributed by atoms with van der Waals surface area (Å²) in [6.07, 6.45) is 0.272. The van der Waals surface area contributed by atoms with Crippen LogP contribution in [-0.2, 0) is 11.4 Å². The van der Waals surface area contributed by atoms with Crippen LogP contribution in [0.4, 0.5) is 4.39 Å². The number of aromatic nitrogens is 1. The molecule has 1 unspecified atom stereocenters. The number of hydrogen-bond donors (Lipinski definition) is 2. The smallest absolute Gasteiger partial charge is 0.136 e. The fourth-order valence-corrected chi connectivity index (χ4v) is 3.76. The Kier molecular flexibility index (Phi) is 5.95. The molecule has 7 heteroatoms. The molecule has 4 nitrogen and oxygen atoms in total. The average Bonchev–Trinajstić information content (AvgIpc) is 2.46. The maximum Gasteiger partial charge on any atom is 0.136 e. The Hall–Kier alpha value is -0.400. The largest absolute Gasteiger partial charge is 0.598 e. The molecule has 1 fully saturated rings. The second-order valence-corrected chi connectivity index (χ2v) is 9.48. The molecule has 1 aliphatic carbocycles. The first-order chi connectivity index (χ1) is 10.6. The van der Waals surface area contributed by atoms with Gasteiger partial charge in [0.25, 0.3) is 0 Å². The highest BCUT2D eigenvalue weighted by molar-refractivity contribution is 7.90. The minimum Gasteiger partial charge on any atom is -0.598 e. The molecule has 1 aliphatic rings. The van der Waals surface area contributed by atoms with Gasteiger partial charge >= 0.3 is 0 Å². The van der Waals surface area contributed by atoms with Gasteiger partial charge in [0.05, 0.1) is 11.3 Å².